The lowest BCUT2D eigenvalue weighted by atomic mass is 10.0. The normalized spacial score (nSPS) is 27.5. The van der Waals surface area contributed by atoms with Crippen molar-refractivity contribution in [2.45, 2.75) is 38.0 Å². The summed E-state index contributed by atoms with van der Waals surface area (Å²) in [6.07, 6.45) is 3.17. The summed E-state index contributed by atoms with van der Waals surface area (Å²) in [5.41, 5.74) is 5.33. The monoisotopic (exact) mass is 202 g/mol. The van der Waals surface area contributed by atoms with Crippen molar-refractivity contribution in [3.63, 3.8) is 0 Å². The zero-order chi connectivity index (χ0) is 10.4. The maximum atomic E-state index is 10.7. The Kier molecular flexibility index (Phi) is 4.86. The third kappa shape index (κ3) is 3.61. The maximum Gasteiger partial charge on any atom is 0.320 e. The van der Waals surface area contributed by atoms with E-state index in [1.807, 2.05) is 0 Å². The van der Waals surface area contributed by atoms with Gasteiger partial charge < -0.3 is 15.6 Å². The van der Waals surface area contributed by atoms with Crippen molar-refractivity contribution in [1.29, 1.82) is 0 Å². The molecule has 5 nitrogen and oxygen atoms in total. The van der Waals surface area contributed by atoms with Crippen molar-refractivity contribution < 1.29 is 14.6 Å². The number of hydrogen-bond donors (Lipinski definition) is 3. The highest BCUT2D eigenvalue weighted by molar-refractivity contribution is 5.73. The molecule has 0 saturated carbocycles. The molecule has 82 valence electrons. The minimum absolute atomic E-state index is 0.114. The SMILES string of the molecule is NCCCOC1CCCC(C(=O)O)N1. The Bertz CT molecular complexity index is 187. The summed E-state index contributed by atoms with van der Waals surface area (Å²) >= 11 is 0. The van der Waals surface area contributed by atoms with Gasteiger partial charge in [-0.05, 0) is 32.2 Å². The molecule has 0 aromatic heterocycles. The van der Waals surface area contributed by atoms with Gasteiger partial charge in [0.05, 0.1) is 0 Å². The molecule has 0 aromatic rings. The highest BCUT2D eigenvalue weighted by Gasteiger charge is 2.25. The van der Waals surface area contributed by atoms with E-state index in [1.54, 1.807) is 0 Å². The molecule has 14 heavy (non-hydrogen) atoms. The van der Waals surface area contributed by atoms with E-state index in [0.29, 0.717) is 19.6 Å². The third-order valence-corrected chi connectivity index (χ3v) is 2.31. The van der Waals surface area contributed by atoms with Crippen LogP contribution in [0, 0.1) is 0 Å². The van der Waals surface area contributed by atoms with Crippen LogP contribution in [0.25, 0.3) is 0 Å². The van der Waals surface area contributed by atoms with Crippen LogP contribution >= 0.6 is 0 Å². The van der Waals surface area contributed by atoms with Crippen molar-refractivity contribution in [2.24, 2.45) is 5.73 Å². The molecule has 1 aliphatic heterocycles. The first kappa shape index (κ1) is 11.4. The largest absolute Gasteiger partial charge is 0.480 e. The number of aliphatic carboxylic acids is 1. The summed E-state index contributed by atoms with van der Waals surface area (Å²) in [7, 11) is 0. The van der Waals surface area contributed by atoms with E-state index in [0.717, 1.165) is 19.3 Å². The van der Waals surface area contributed by atoms with Gasteiger partial charge in [-0.1, -0.05) is 0 Å². The van der Waals surface area contributed by atoms with Crippen LogP contribution in [0.1, 0.15) is 25.7 Å². The Morgan fingerprint density at radius 1 is 1.57 bits per heavy atom. The van der Waals surface area contributed by atoms with Gasteiger partial charge in [-0.3, -0.25) is 10.1 Å². The molecule has 0 bridgehead atoms. The summed E-state index contributed by atoms with van der Waals surface area (Å²) in [6.45, 7) is 1.20. The van der Waals surface area contributed by atoms with Crippen LogP contribution in [0.4, 0.5) is 0 Å². The molecule has 5 heteroatoms. The lowest BCUT2D eigenvalue weighted by molar-refractivity contribution is -0.142. The second-order valence-electron chi connectivity index (χ2n) is 3.49. The Morgan fingerprint density at radius 2 is 2.36 bits per heavy atom. The number of hydrogen-bond acceptors (Lipinski definition) is 4. The summed E-state index contributed by atoms with van der Waals surface area (Å²) in [6, 6.07) is -0.452. The van der Waals surface area contributed by atoms with E-state index in [4.69, 9.17) is 15.6 Å². The number of rotatable bonds is 5. The van der Waals surface area contributed by atoms with E-state index in [9.17, 15) is 4.79 Å². The van der Waals surface area contributed by atoms with Crippen LogP contribution in [0.15, 0.2) is 0 Å². The molecule has 4 N–H and O–H groups in total. The fourth-order valence-corrected chi connectivity index (χ4v) is 1.53. The summed E-state index contributed by atoms with van der Waals surface area (Å²) in [5.74, 6) is -0.794. The Balaban J connectivity index is 2.22. The van der Waals surface area contributed by atoms with Crippen LogP contribution in [0.2, 0.25) is 0 Å². The molecule has 1 heterocycles. The molecule has 0 spiro atoms. The number of carbonyl (C=O) groups is 1. The average Bonchev–Trinajstić information content (AvgIpc) is 2.19. The topological polar surface area (TPSA) is 84.6 Å². The quantitative estimate of drug-likeness (QED) is 0.542. The molecule has 2 unspecified atom stereocenters. The van der Waals surface area contributed by atoms with E-state index < -0.39 is 12.0 Å². The Morgan fingerprint density at radius 3 is 3.00 bits per heavy atom. The van der Waals surface area contributed by atoms with E-state index in [-0.39, 0.29) is 6.23 Å². The molecule has 1 aliphatic rings. The molecule has 2 atom stereocenters. The molecular formula is C9H18N2O3. The first-order valence-corrected chi connectivity index (χ1v) is 5.04. The van der Waals surface area contributed by atoms with Crippen molar-refractivity contribution in [3.05, 3.63) is 0 Å². The standard InChI is InChI=1S/C9H18N2O3/c10-5-2-6-14-8-4-1-3-7(11-8)9(12)13/h7-8,11H,1-6,10H2,(H,12,13). The van der Waals surface area contributed by atoms with E-state index in [1.165, 1.54) is 0 Å². The Hall–Kier alpha value is -0.650. The van der Waals surface area contributed by atoms with Gasteiger partial charge in [0.1, 0.15) is 12.3 Å². The van der Waals surface area contributed by atoms with Crippen LogP contribution in [-0.4, -0.2) is 36.5 Å². The second kappa shape index (κ2) is 5.95. The highest BCUT2D eigenvalue weighted by atomic mass is 16.5. The van der Waals surface area contributed by atoms with Gasteiger partial charge in [-0.2, -0.15) is 0 Å². The van der Waals surface area contributed by atoms with Gasteiger partial charge in [-0.15, -0.1) is 0 Å². The predicted molar refractivity (Wildman–Crippen MR) is 51.8 cm³/mol. The summed E-state index contributed by atoms with van der Waals surface area (Å²) in [4.78, 5) is 10.7. The maximum absolute atomic E-state index is 10.7. The van der Waals surface area contributed by atoms with Crippen LogP contribution in [-0.2, 0) is 9.53 Å². The van der Waals surface area contributed by atoms with Gasteiger partial charge in [0, 0.05) is 6.61 Å². The molecule has 1 saturated heterocycles. The predicted octanol–water partition coefficient (Wildman–Crippen LogP) is -0.0954. The Labute approximate surface area is 83.6 Å². The van der Waals surface area contributed by atoms with Crippen molar-refractivity contribution in [1.82, 2.24) is 5.32 Å². The lowest BCUT2D eigenvalue weighted by Gasteiger charge is -2.28. The average molecular weight is 202 g/mol. The highest BCUT2D eigenvalue weighted by Crippen LogP contribution is 2.13. The van der Waals surface area contributed by atoms with Gasteiger partial charge in [0.2, 0.25) is 0 Å². The van der Waals surface area contributed by atoms with E-state index >= 15 is 0 Å². The minimum atomic E-state index is -0.794. The molecule has 1 rings (SSSR count). The van der Waals surface area contributed by atoms with Gasteiger partial charge in [0.15, 0.2) is 0 Å². The zero-order valence-corrected chi connectivity index (χ0v) is 8.24. The smallest absolute Gasteiger partial charge is 0.320 e. The van der Waals surface area contributed by atoms with Gasteiger partial charge in [0.25, 0.3) is 0 Å². The molecule has 1 fully saturated rings. The number of nitrogens with two attached hydrogens (primary N) is 1. The minimum Gasteiger partial charge on any atom is -0.480 e. The van der Waals surface area contributed by atoms with E-state index in [2.05, 4.69) is 5.32 Å². The summed E-state index contributed by atoms with van der Waals surface area (Å²) in [5, 5.41) is 11.7. The number of piperidine rings is 1. The number of ether oxygens (including phenoxy) is 1. The van der Waals surface area contributed by atoms with Crippen LogP contribution < -0.4 is 11.1 Å². The van der Waals surface area contributed by atoms with Gasteiger partial charge >= 0.3 is 5.97 Å². The lowest BCUT2D eigenvalue weighted by Crippen LogP contribution is -2.48. The van der Waals surface area contributed by atoms with Gasteiger partial charge in [-0.25, -0.2) is 0 Å². The number of carboxylic acid groups (broad SMARTS) is 1. The molecular weight excluding hydrogens is 184 g/mol. The fourth-order valence-electron chi connectivity index (χ4n) is 1.53. The van der Waals surface area contributed by atoms with Crippen molar-refractivity contribution >= 4 is 5.97 Å². The fraction of sp³-hybridized carbons (Fsp3) is 0.889. The van der Waals surface area contributed by atoms with Crippen molar-refractivity contribution in [2.75, 3.05) is 13.2 Å². The van der Waals surface area contributed by atoms with Crippen molar-refractivity contribution in [3.8, 4) is 0 Å². The molecule has 0 radical (unpaired) electrons. The number of nitrogens with one attached hydrogen (secondary N) is 1. The molecule has 0 aromatic carbocycles. The zero-order valence-electron chi connectivity index (χ0n) is 8.24. The van der Waals surface area contributed by atoms with Crippen LogP contribution in [0.3, 0.4) is 0 Å². The number of carboxylic acids is 1. The third-order valence-electron chi connectivity index (χ3n) is 2.31. The first-order chi connectivity index (χ1) is 6.74. The molecule has 0 amide bonds. The second-order valence-corrected chi connectivity index (χ2v) is 3.49. The van der Waals surface area contributed by atoms with Crippen LogP contribution in [0.5, 0.6) is 0 Å². The summed E-state index contributed by atoms with van der Waals surface area (Å²) < 4.78 is 5.45. The molecule has 0 aliphatic carbocycles. The first-order valence-electron chi connectivity index (χ1n) is 5.04.